The molecule has 7 heteroatoms. The minimum atomic E-state index is -0.352. The number of carbonyl (C=O) groups excluding carboxylic acids is 1. The molecule has 136 valence electrons. The molecule has 0 bridgehead atoms. The monoisotopic (exact) mass is 390 g/mol. The van der Waals surface area contributed by atoms with Crippen LogP contribution in [0, 0.1) is 0 Å². The number of halogens is 2. The number of nitrogens with one attached hydrogen (secondary N) is 2. The molecule has 0 saturated heterocycles. The van der Waals surface area contributed by atoms with Crippen molar-refractivity contribution in [2.45, 2.75) is 32.1 Å². The zero-order valence-electron chi connectivity index (χ0n) is 14.3. The van der Waals surface area contributed by atoms with Crippen LogP contribution < -0.4 is 10.6 Å². The van der Waals surface area contributed by atoms with E-state index in [0.29, 0.717) is 21.7 Å². The first-order chi connectivity index (χ1) is 12.6. The molecule has 1 heterocycles. The fourth-order valence-electron chi connectivity index (χ4n) is 2.81. The van der Waals surface area contributed by atoms with E-state index in [4.69, 9.17) is 23.2 Å². The van der Waals surface area contributed by atoms with Crippen molar-refractivity contribution in [3.8, 4) is 0 Å². The third-order valence-corrected chi connectivity index (χ3v) is 4.73. The fraction of sp³-hybridized carbons (Fsp3) is 0.316. The van der Waals surface area contributed by atoms with Gasteiger partial charge in [-0.2, -0.15) is 0 Å². The van der Waals surface area contributed by atoms with Crippen LogP contribution in [0.4, 0.5) is 11.6 Å². The summed E-state index contributed by atoms with van der Waals surface area (Å²) < 4.78 is 0. The van der Waals surface area contributed by atoms with Gasteiger partial charge in [-0.05, 0) is 56.4 Å². The molecule has 2 N–H and O–H groups in total. The largest absolute Gasteiger partial charge is 0.354 e. The average molecular weight is 391 g/mol. The molecule has 0 fully saturated rings. The van der Waals surface area contributed by atoms with Gasteiger partial charge < -0.3 is 10.6 Å². The third-order valence-electron chi connectivity index (χ3n) is 4.18. The van der Waals surface area contributed by atoms with Gasteiger partial charge in [0.2, 0.25) is 5.95 Å². The number of allylic oxidation sites excluding steroid dienone is 1. The van der Waals surface area contributed by atoms with Gasteiger partial charge in [0.1, 0.15) is 5.69 Å². The predicted molar refractivity (Wildman–Crippen MR) is 106 cm³/mol. The van der Waals surface area contributed by atoms with Crippen LogP contribution in [0.5, 0.6) is 0 Å². The number of benzene rings is 1. The molecular formula is C19H20Cl2N4O. The first kappa shape index (κ1) is 18.7. The Balaban J connectivity index is 1.59. The third kappa shape index (κ3) is 5.19. The van der Waals surface area contributed by atoms with Gasteiger partial charge in [0.05, 0.1) is 10.7 Å². The van der Waals surface area contributed by atoms with Gasteiger partial charge in [0, 0.05) is 17.8 Å². The summed E-state index contributed by atoms with van der Waals surface area (Å²) in [7, 11) is 0. The molecule has 0 atom stereocenters. The van der Waals surface area contributed by atoms with Crippen LogP contribution in [0.1, 0.15) is 42.6 Å². The van der Waals surface area contributed by atoms with E-state index < -0.39 is 0 Å². The van der Waals surface area contributed by atoms with Crippen molar-refractivity contribution >= 4 is 40.7 Å². The lowest BCUT2D eigenvalue weighted by atomic mass is 9.97. The smallest absolute Gasteiger partial charge is 0.274 e. The zero-order valence-corrected chi connectivity index (χ0v) is 15.8. The Labute approximate surface area is 162 Å². The Hall–Kier alpha value is -2.11. The van der Waals surface area contributed by atoms with Gasteiger partial charge in [-0.3, -0.25) is 4.79 Å². The lowest BCUT2D eigenvalue weighted by Gasteiger charge is -2.13. The lowest BCUT2D eigenvalue weighted by Crippen LogP contribution is -2.16. The summed E-state index contributed by atoms with van der Waals surface area (Å²) in [6, 6.07) is 6.45. The van der Waals surface area contributed by atoms with Gasteiger partial charge in [0.25, 0.3) is 5.91 Å². The van der Waals surface area contributed by atoms with Crippen LogP contribution >= 0.6 is 23.2 Å². The highest BCUT2D eigenvalue weighted by molar-refractivity contribution is 6.36. The molecule has 0 saturated carbocycles. The van der Waals surface area contributed by atoms with Crippen molar-refractivity contribution < 1.29 is 4.79 Å². The number of aromatic nitrogens is 2. The Morgan fingerprint density at radius 3 is 2.85 bits per heavy atom. The molecule has 0 radical (unpaired) electrons. The first-order valence-electron chi connectivity index (χ1n) is 8.63. The van der Waals surface area contributed by atoms with E-state index in [1.165, 1.54) is 31.3 Å². The Morgan fingerprint density at radius 2 is 2.08 bits per heavy atom. The van der Waals surface area contributed by atoms with E-state index in [2.05, 4.69) is 26.7 Å². The molecule has 1 aromatic carbocycles. The second-order valence-corrected chi connectivity index (χ2v) is 6.97. The van der Waals surface area contributed by atoms with E-state index >= 15 is 0 Å². The molecule has 0 aliphatic heterocycles. The molecule has 1 aromatic heterocycles. The molecule has 1 aliphatic rings. The second-order valence-electron chi connectivity index (χ2n) is 6.13. The van der Waals surface area contributed by atoms with Gasteiger partial charge in [-0.25, -0.2) is 9.97 Å². The minimum Gasteiger partial charge on any atom is -0.354 e. The summed E-state index contributed by atoms with van der Waals surface area (Å²) in [5, 5.41) is 6.80. The molecule has 0 unspecified atom stereocenters. The zero-order chi connectivity index (χ0) is 18.4. The van der Waals surface area contributed by atoms with Crippen LogP contribution in [0.15, 0.2) is 42.1 Å². The van der Waals surface area contributed by atoms with Crippen molar-refractivity contribution in [3.05, 3.63) is 57.9 Å². The Kier molecular flexibility index (Phi) is 6.47. The van der Waals surface area contributed by atoms with Gasteiger partial charge in [-0.1, -0.05) is 34.9 Å². The van der Waals surface area contributed by atoms with E-state index in [0.717, 1.165) is 13.0 Å². The first-order valence-corrected chi connectivity index (χ1v) is 9.38. The summed E-state index contributed by atoms with van der Waals surface area (Å²) >= 11 is 12.0. The van der Waals surface area contributed by atoms with E-state index in [1.807, 2.05) is 0 Å². The number of amides is 1. The maximum atomic E-state index is 12.4. The fourth-order valence-corrected chi connectivity index (χ4v) is 3.27. The topological polar surface area (TPSA) is 66.9 Å². The number of nitrogens with zero attached hydrogens (tertiary/aromatic N) is 2. The number of carbonyl (C=O) groups is 1. The summed E-state index contributed by atoms with van der Waals surface area (Å²) in [6.07, 6.45) is 9.77. The van der Waals surface area contributed by atoms with Crippen LogP contribution in [0.25, 0.3) is 0 Å². The number of rotatable bonds is 6. The van der Waals surface area contributed by atoms with Crippen molar-refractivity contribution in [2.75, 3.05) is 17.2 Å². The SMILES string of the molecule is O=C(Nc1ccc(Cl)cc1Cl)c1ccnc(NCCC2=CCCCC2)n1. The standard InChI is InChI=1S/C19H20Cl2N4O/c20-14-6-7-16(15(21)12-14)24-18(26)17-9-11-23-19(25-17)22-10-8-13-4-2-1-3-5-13/h4,6-7,9,11-12H,1-3,5,8,10H2,(H,24,26)(H,22,23,25). The second kappa shape index (κ2) is 9.01. The molecule has 3 rings (SSSR count). The molecule has 26 heavy (non-hydrogen) atoms. The maximum absolute atomic E-state index is 12.4. The van der Waals surface area contributed by atoms with Crippen LogP contribution in [0.3, 0.4) is 0 Å². The van der Waals surface area contributed by atoms with Crippen molar-refractivity contribution in [1.82, 2.24) is 9.97 Å². The maximum Gasteiger partial charge on any atom is 0.274 e. The highest BCUT2D eigenvalue weighted by Gasteiger charge is 2.11. The van der Waals surface area contributed by atoms with Crippen LogP contribution in [-0.2, 0) is 0 Å². The summed E-state index contributed by atoms with van der Waals surface area (Å²) in [4.78, 5) is 20.8. The molecule has 2 aromatic rings. The Bertz CT molecular complexity index is 823. The molecule has 0 spiro atoms. The molecular weight excluding hydrogens is 371 g/mol. The van der Waals surface area contributed by atoms with Crippen molar-refractivity contribution in [3.63, 3.8) is 0 Å². The number of hydrogen-bond acceptors (Lipinski definition) is 4. The van der Waals surface area contributed by atoms with E-state index in [9.17, 15) is 4.79 Å². The van der Waals surface area contributed by atoms with Gasteiger partial charge in [-0.15, -0.1) is 0 Å². The number of hydrogen-bond donors (Lipinski definition) is 2. The van der Waals surface area contributed by atoms with Crippen molar-refractivity contribution in [1.29, 1.82) is 0 Å². The summed E-state index contributed by atoms with van der Waals surface area (Å²) in [5.74, 6) is 0.0888. The molecule has 1 aliphatic carbocycles. The van der Waals surface area contributed by atoms with Crippen molar-refractivity contribution in [2.24, 2.45) is 0 Å². The predicted octanol–water partition coefficient (Wildman–Crippen LogP) is 5.34. The highest BCUT2D eigenvalue weighted by Crippen LogP contribution is 2.25. The lowest BCUT2D eigenvalue weighted by molar-refractivity contribution is 0.102. The summed E-state index contributed by atoms with van der Waals surface area (Å²) in [6.45, 7) is 0.750. The molecule has 1 amide bonds. The normalized spacial score (nSPS) is 13.8. The van der Waals surface area contributed by atoms with Gasteiger partial charge >= 0.3 is 0 Å². The highest BCUT2D eigenvalue weighted by atomic mass is 35.5. The van der Waals surface area contributed by atoms with E-state index in [1.54, 1.807) is 30.5 Å². The number of anilines is 2. The van der Waals surface area contributed by atoms with Gasteiger partial charge in [0.15, 0.2) is 0 Å². The minimum absolute atomic E-state index is 0.269. The summed E-state index contributed by atoms with van der Waals surface area (Å²) in [5.41, 5.74) is 2.24. The average Bonchev–Trinajstić information content (AvgIpc) is 2.65. The molecule has 5 nitrogen and oxygen atoms in total. The Morgan fingerprint density at radius 1 is 1.19 bits per heavy atom. The van der Waals surface area contributed by atoms with Crippen LogP contribution in [0.2, 0.25) is 10.0 Å². The quantitative estimate of drug-likeness (QED) is 0.653. The van der Waals surface area contributed by atoms with E-state index in [-0.39, 0.29) is 11.6 Å². The van der Waals surface area contributed by atoms with Crippen LogP contribution in [-0.4, -0.2) is 22.4 Å².